The maximum atomic E-state index is 11.8. The molecule has 2 aliphatic carbocycles. The zero-order valence-corrected chi connectivity index (χ0v) is 7.81. The second-order valence-corrected chi connectivity index (χ2v) is 4.26. The lowest BCUT2D eigenvalue weighted by Crippen LogP contribution is -2.58. The minimum absolute atomic E-state index is 0.205. The number of ketones is 1. The quantitative estimate of drug-likeness (QED) is 0.493. The normalized spacial score (nSPS) is 42.2. The summed E-state index contributed by atoms with van der Waals surface area (Å²) >= 11 is 0. The van der Waals surface area contributed by atoms with Gasteiger partial charge in [0.25, 0.3) is 5.54 Å². The highest BCUT2D eigenvalue weighted by Gasteiger charge is 2.59. The molecule has 2 fully saturated rings. The van der Waals surface area contributed by atoms with Crippen molar-refractivity contribution in [1.82, 2.24) is 0 Å². The van der Waals surface area contributed by atoms with Gasteiger partial charge in [0, 0.05) is 17.8 Å². The van der Waals surface area contributed by atoms with E-state index in [-0.39, 0.29) is 12.2 Å². The van der Waals surface area contributed by atoms with Crippen molar-refractivity contribution in [1.29, 1.82) is 0 Å². The molecule has 0 aromatic carbocycles. The Balaban J connectivity index is 2.34. The molecule has 2 bridgehead atoms. The largest absolute Gasteiger partial charge is 0.392 e. The monoisotopic (exact) mass is 199 g/mol. The summed E-state index contributed by atoms with van der Waals surface area (Å²) in [4.78, 5) is 22.2. The molecule has 14 heavy (non-hydrogen) atoms. The SMILES string of the molecule is O=C1[C@H]2CCC[C@]1([N+](=O)[O-])CC[C@H]2O. The fourth-order valence-electron chi connectivity index (χ4n) is 2.69. The van der Waals surface area contributed by atoms with Gasteiger partial charge in [0.2, 0.25) is 5.78 Å². The second kappa shape index (κ2) is 3.02. The Kier molecular flexibility index (Phi) is 2.06. The van der Waals surface area contributed by atoms with E-state index in [1.165, 1.54) is 0 Å². The average Bonchev–Trinajstić information content (AvgIpc) is 2.12. The van der Waals surface area contributed by atoms with Crippen LogP contribution in [0.1, 0.15) is 32.1 Å². The van der Waals surface area contributed by atoms with Crippen molar-refractivity contribution in [2.24, 2.45) is 5.92 Å². The summed E-state index contributed by atoms with van der Waals surface area (Å²) < 4.78 is 0. The minimum Gasteiger partial charge on any atom is -0.392 e. The van der Waals surface area contributed by atoms with E-state index in [0.29, 0.717) is 25.7 Å². The number of carbonyl (C=O) groups is 1. The molecule has 0 heterocycles. The van der Waals surface area contributed by atoms with Gasteiger partial charge in [0.05, 0.1) is 12.0 Å². The average molecular weight is 199 g/mol. The molecule has 5 nitrogen and oxygen atoms in total. The van der Waals surface area contributed by atoms with Crippen LogP contribution in [0.3, 0.4) is 0 Å². The number of aliphatic hydroxyl groups excluding tert-OH is 1. The molecule has 5 heteroatoms. The highest BCUT2D eigenvalue weighted by atomic mass is 16.6. The van der Waals surface area contributed by atoms with Crippen molar-refractivity contribution in [3.8, 4) is 0 Å². The first-order chi connectivity index (χ1) is 6.58. The number of fused-ring (bicyclic) bond motifs is 2. The lowest BCUT2D eigenvalue weighted by molar-refractivity contribution is -0.559. The van der Waals surface area contributed by atoms with Crippen LogP contribution >= 0.6 is 0 Å². The van der Waals surface area contributed by atoms with Crippen LogP contribution in [0.15, 0.2) is 0 Å². The minimum atomic E-state index is -1.36. The molecule has 2 rings (SSSR count). The topological polar surface area (TPSA) is 80.4 Å². The van der Waals surface area contributed by atoms with Gasteiger partial charge in [-0.1, -0.05) is 0 Å². The summed E-state index contributed by atoms with van der Waals surface area (Å²) in [5, 5.41) is 20.5. The Morgan fingerprint density at radius 1 is 1.43 bits per heavy atom. The molecule has 0 saturated heterocycles. The standard InChI is InChI=1S/C9H13NO4/c11-7-3-5-9(10(13)14)4-1-2-6(7)8(9)12/h6-7,11H,1-5H2/t6-,7+,9-/m0/s1. The van der Waals surface area contributed by atoms with Crippen LogP contribution in [0.2, 0.25) is 0 Å². The third-order valence-corrected chi connectivity index (χ3v) is 3.57. The molecule has 0 aromatic rings. The lowest BCUT2D eigenvalue weighted by atomic mass is 9.65. The van der Waals surface area contributed by atoms with Crippen LogP contribution in [0.5, 0.6) is 0 Å². The van der Waals surface area contributed by atoms with E-state index < -0.39 is 22.5 Å². The molecule has 0 spiro atoms. The maximum absolute atomic E-state index is 11.8. The van der Waals surface area contributed by atoms with E-state index in [2.05, 4.69) is 0 Å². The van der Waals surface area contributed by atoms with E-state index in [9.17, 15) is 20.0 Å². The first-order valence-electron chi connectivity index (χ1n) is 4.95. The number of aliphatic hydroxyl groups is 1. The van der Waals surface area contributed by atoms with Crippen LogP contribution in [-0.2, 0) is 4.79 Å². The number of nitrogens with zero attached hydrogens (tertiary/aromatic N) is 1. The molecular weight excluding hydrogens is 186 g/mol. The highest BCUT2D eigenvalue weighted by molar-refractivity contribution is 5.91. The van der Waals surface area contributed by atoms with E-state index >= 15 is 0 Å². The van der Waals surface area contributed by atoms with Gasteiger partial charge in [-0.15, -0.1) is 0 Å². The molecule has 2 saturated carbocycles. The van der Waals surface area contributed by atoms with E-state index in [4.69, 9.17) is 0 Å². The Hall–Kier alpha value is -0.970. The van der Waals surface area contributed by atoms with Crippen molar-refractivity contribution < 1.29 is 14.8 Å². The van der Waals surface area contributed by atoms with Crippen LogP contribution in [-0.4, -0.2) is 27.5 Å². The van der Waals surface area contributed by atoms with Crippen molar-refractivity contribution in [3.63, 3.8) is 0 Å². The molecule has 78 valence electrons. The number of hydrogen-bond acceptors (Lipinski definition) is 4. The summed E-state index contributed by atoms with van der Waals surface area (Å²) in [6.07, 6.45) is 1.57. The summed E-state index contributed by atoms with van der Waals surface area (Å²) in [6, 6.07) is 0. The summed E-state index contributed by atoms with van der Waals surface area (Å²) in [5.74, 6) is -0.824. The maximum Gasteiger partial charge on any atom is 0.279 e. The molecular formula is C9H13NO4. The molecule has 3 atom stereocenters. The van der Waals surface area contributed by atoms with Gasteiger partial charge in [-0.05, 0) is 19.3 Å². The summed E-state index contributed by atoms with van der Waals surface area (Å²) in [7, 11) is 0. The van der Waals surface area contributed by atoms with E-state index in [0.717, 1.165) is 0 Å². The van der Waals surface area contributed by atoms with Crippen molar-refractivity contribution in [2.75, 3.05) is 0 Å². The van der Waals surface area contributed by atoms with Crippen LogP contribution in [0, 0.1) is 16.0 Å². The third-order valence-electron chi connectivity index (χ3n) is 3.57. The number of Topliss-reactive ketones (excluding diaryl/α,β-unsaturated/α-hetero) is 1. The Morgan fingerprint density at radius 3 is 2.79 bits per heavy atom. The first kappa shape index (κ1) is 9.58. The van der Waals surface area contributed by atoms with Crippen LogP contribution < -0.4 is 0 Å². The predicted octanol–water partition coefficient (Wildman–Crippen LogP) is 0.526. The van der Waals surface area contributed by atoms with Gasteiger partial charge < -0.3 is 5.11 Å². The molecule has 0 unspecified atom stereocenters. The number of hydrogen-bond donors (Lipinski definition) is 1. The molecule has 0 radical (unpaired) electrons. The van der Waals surface area contributed by atoms with Gasteiger partial charge in [-0.25, -0.2) is 0 Å². The van der Waals surface area contributed by atoms with Gasteiger partial charge >= 0.3 is 0 Å². The number of rotatable bonds is 1. The Morgan fingerprint density at radius 2 is 2.14 bits per heavy atom. The van der Waals surface area contributed by atoms with E-state index in [1.54, 1.807) is 0 Å². The van der Waals surface area contributed by atoms with Gasteiger partial charge in [-0.3, -0.25) is 14.9 Å². The summed E-state index contributed by atoms with van der Waals surface area (Å²) in [5.41, 5.74) is -1.36. The fraction of sp³-hybridized carbons (Fsp3) is 0.889. The fourth-order valence-corrected chi connectivity index (χ4v) is 2.69. The number of nitro groups is 1. The third kappa shape index (κ3) is 1.08. The van der Waals surface area contributed by atoms with Crippen LogP contribution in [0.25, 0.3) is 0 Å². The van der Waals surface area contributed by atoms with E-state index in [1.807, 2.05) is 0 Å². The molecule has 1 N–H and O–H groups in total. The zero-order valence-electron chi connectivity index (χ0n) is 7.81. The van der Waals surface area contributed by atoms with Crippen molar-refractivity contribution in [3.05, 3.63) is 10.1 Å². The molecule has 0 aromatic heterocycles. The first-order valence-corrected chi connectivity index (χ1v) is 4.95. The van der Waals surface area contributed by atoms with Crippen LogP contribution in [0.4, 0.5) is 0 Å². The molecule has 0 amide bonds. The Bertz CT molecular complexity index is 291. The molecule has 0 aliphatic heterocycles. The van der Waals surface area contributed by atoms with Crippen molar-refractivity contribution >= 4 is 5.78 Å². The smallest absolute Gasteiger partial charge is 0.279 e. The van der Waals surface area contributed by atoms with Crippen molar-refractivity contribution in [2.45, 2.75) is 43.7 Å². The highest BCUT2D eigenvalue weighted by Crippen LogP contribution is 2.41. The van der Waals surface area contributed by atoms with Gasteiger partial charge in [0.15, 0.2) is 0 Å². The number of carbonyl (C=O) groups excluding carboxylic acids is 1. The summed E-state index contributed by atoms with van der Waals surface area (Å²) in [6.45, 7) is 0. The zero-order chi connectivity index (χ0) is 10.3. The van der Waals surface area contributed by atoms with Gasteiger partial charge in [-0.2, -0.15) is 0 Å². The predicted molar refractivity (Wildman–Crippen MR) is 47.3 cm³/mol. The second-order valence-electron chi connectivity index (χ2n) is 4.26. The lowest BCUT2D eigenvalue weighted by Gasteiger charge is -2.39. The van der Waals surface area contributed by atoms with Gasteiger partial charge in [0.1, 0.15) is 0 Å². The molecule has 2 aliphatic rings. The Labute approximate surface area is 81.3 Å².